The molecule has 2 rings (SSSR count). The number of halogens is 1. The molecule has 0 fully saturated rings. The molecule has 0 aliphatic heterocycles. The Morgan fingerprint density at radius 1 is 1.15 bits per heavy atom. The lowest BCUT2D eigenvalue weighted by molar-refractivity contribution is 0.240. The van der Waals surface area contributed by atoms with E-state index in [1.807, 2.05) is 32.0 Å². The van der Waals surface area contributed by atoms with Crippen molar-refractivity contribution in [3.63, 3.8) is 0 Å². The van der Waals surface area contributed by atoms with Gasteiger partial charge in [0.1, 0.15) is 5.75 Å². The van der Waals surface area contributed by atoms with Crippen LogP contribution in [0, 0.1) is 10.5 Å². The van der Waals surface area contributed by atoms with Gasteiger partial charge in [0, 0.05) is 21.4 Å². The van der Waals surface area contributed by atoms with Gasteiger partial charge in [0.05, 0.1) is 6.10 Å². The van der Waals surface area contributed by atoms with Crippen molar-refractivity contribution in [3.8, 4) is 5.75 Å². The SMILES string of the molecule is Cc1cc(I)ccc1NCc1ccccc1OC(C)C. The van der Waals surface area contributed by atoms with Crippen LogP contribution < -0.4 is 10.1 Å². The van der Waals surface area contributed by atoms with Gasteiger partial charge in [-0.25, -0.2) is 0 Å². The Morgan fingerprint density at radius 3 is 2.60 bits per heavy atom. The third-order valence-electron chi connectivity index (χ3n) is 2.99. The quantitative estimate of drug-likeness (QED) is 0.736. The second-order valence-electron chi connectivity index (χ2n) is 5.09. The van der Waals surface area contributed by atoms with E-state index in [-0.39, 0.29) is 6.10 Å². The van der Waals surface area contributed by atoms with Crippen LogP contribution in [0.2, 0.25) is 0 Å². The van der Waals surface area contributed by atoms with E-state index >= 15 is 0 Å². The molecule has 3 heteroatoms. The van der Waals surface area contributed by atoms with Gasteiger partial charge in [-0.3, -0.25) is 0 Å². The number of benzene rings is 2. The first-order valence-electron chi connectivity index (χ1n) is 6.81. The lowest BCUT2D eigenvalue weighted by atomic mass is 10.1. The Kier molecular flexibility index (Phi) is 5.29. The molecule has 2 aromatic rings. The molecule has 20 heavy (non-hydrogen) atoms. The van der Waals surface area contributed by atoms with E-state index in [2.05, 4.69) is 59.1 Å². The molecule has 0 unspecified atom stereocenters. The fraction of sp³-hybridized carbons (Fsp3) is 0.294. The third kappa shape index (κ3) is 4.13. The maximum atomic E-state index is 5.84. The van der Waals surface area contributed by atoms with Gasteiger partial charge in [0.15, 0.2) is 0 Å². The van der Waals surface area contributed by atoms with Crippen LogP contribution in [0.1, 0.15) is 25.0 Å². The summed E-state index contributed by atoms with van der Waals surface area (Å²) < 4.78 is 7.10. The zero-order valence-electron chi connectivity index (χ0n) is 12.1. The van der Waals surface area contributed by atoms with E-state index in [0.717, 1.165) is 12.3 Å². The largest absolute Gasteiger partial charge is 0.491 e. The molecule has 0 saturated heterocycles. The Balaban J connectivity index is 2.10. The molecule has 0 radical (unpaired) electrons. The number of para-hydroxylation sites is 1. The maximum Gasteiger partial charge on any atom is 0.124 e. The topological polar surface area (TPSA) is 21.3 Å². The molecule has 2 aromatic carbocycles. The van der Waals surface area contributed by atoms with Crippen LogP contribution in [0.25, 0.3) is 0 Å². The number of rotatable bonds is 5. The monoisotopic (exact) mass is 381 g/mol. The third-order valence-corrected chi connectivity index (χ3v) is 3.66. The number of hydrogen-bond donors (Lipinski definition) is 1. The summed E-state index contributed by atoms with van der Waals surface area (Å²) in [6.45, 7) is 6.99. The molecule has 0 aromatic heterocycles. The highest BCUT2D eigenvalue weighted by Crippen LogP contribution is 2.23. The smallest absolute Gasteiger partial charge is 0.124 e. The first-order chi connectivity index (χ1) is 9.56. The lowest BCUT2D eigenvalue weighted by Crippen LogP contribution is -2.09. The second kappa shape index (κ2) is 6.97. The summed E-state index contributed by atoms with van der Waals surface area (Å²) in [7, 11) is 0. The Morgan fingerprint density at radius 2 is 1.90 bits per heavy atom. The molecule has 0 atom stereocenters. The molecule has 1 N–H and O–H groups in total. The molecule has 0 aliphatic rings. The molecule has 0 bridgehead atoms. The minimum absolute atomic E-state index is 0.191. The zero-order chi connectivity index (χ0) is 14.5. The summed E-state index contributed by atoms with van der Waals surface area (Å²) in [6.07, 6.45) is 0.191. The zero-order valence-corrected chi connectivity index (χ0v) is 14.3. The van der Waals surface area contributed by atoms with E-state index < -0.39 is 0 Å². The molecule has 0 amide bonds. The average molecular weight is 381 g/mol. The molecule has 2 nitrogen and oxygen atoms in total. The van der Waals surface area contributed by atoms with Crippen molar-refractivity contribution in [2.45, 2.75) is 33.4 Å². The first kappa shape index (κ1) is 15.2. The van der Waals surface area contributed by atoms with Gasteiger partial charge in [0.2, 0.25) is 0 Å². The predicted molar refractivity (Wildman–Crippen MR) is 93.4 cm³/mol. The normalized spacial score (nSPS) is 10.7. The maximum absolute atomic E-state index is 5.84. The fourth-order valence-electron chi connectivity index (χ4n) is 2.03. The van der Waals surface area contributed by atoms with Crippen LogP contribution in [0.3, 0.4) is 0 Å². The summed E-state index contributed by atoms with van der Waals surface area (Å²) in [4.78, 5) is 0. The molecule has 0 spiro atoms. The van der Waals surface area contributed by atoms with E-state index in [9.17, 15) is 0 Å². The van der Waals surface area contributed by atoms with Crippen LogP contribution in [0.4, 0.5) is 5.69 Å². The van der Waals surface area contributed by atoms with E-state index in [0.29, 0.717) is 0 Å². The van der Waals surface area contributed by atoms with Gasteiger partial charge < -0.3 is 10.1 Å². The molecular formula is C17H20INO. The Labute approximate surface area is 134 Å². The van der Waals surface area contributed by atoms with Gasteiger partial charge in [-0.2, -0.15) is 0 Å². The number of hydrogen-bond acceptors (Lipinski definition) is 2. The molecular weight excluding hydrogens is 361 g/mol. The average Bonchev–Trinajstić information content (AvgIpc) is 2.39. The highest BCUT2D eigenvalue weighted by atomic mass is 127. The van der Waals surface area contributed by atoms with Crippen LogP contribution in [-0.4, -0.2) is 6.10 Å². The van der Waals surface area contributed by atoms with Crippen LogP contribution >= 0.6 is 22.6 Å². The highest BCUT2D eigenvalue weighted by molar-refractivity contribution is 14.1. The van der Waals surface area contributed by atoms with Crippen LogP contribution in [0.5, 0.6) is 5.75 Å². The van der Waals surface area contributed by atoms with Crippen molar-refractivity contribution in [2.75, 3.05) is 5.32 Å². The van der Waals surface area contributed by atoms with Crippen LogP contribution in [0.15, 0.2) is 42.5 Å². The standard InChI is InChI=1S/C17H20INO/c1-12(2)20-17-7-5-4-6-14(17)11-19-16-9-8-15(18)10-13(16)3/h4-10,12,19H,11H2,1-3H3. The van der Waals surface area contributed by atoms with Crippen LogP contribution in [-0.2, 0) is 6.54 Å². The molecule has 106 valence electrons. The summed E-state index contributed by atoms with van der Waals surface area (Å²) in [5, 5.41) is 3.49. The number of nitrogens with one attached hydrogen (secondary N) is 1. The summed E-state index contributed by atoms with van der Waals surface area (Å²) in [6, 6.07) is 14.6. The van der Waals surface area contributed by atoms with Crippen molar-refractivity contribution in [1.82, 2.24) is 0 Å². The molecule has 0 heterocycles. The summed E-state index contributed by atoms with van der Waals surface area (Å²) in [5.74, 6) is 0.957. The van der Waals surface area contributed by atoms with Crippen molar-refractivity contribution in [1.29, 1.82) is 0 Å². The number of ether oxygens (including phenoxy) is 1. The van der Waals surface area contributed by atoms with E-state index in [1.165, 1.54) is 20.4 Å². The van der Waals surface area contributed by atoms with E-state index in [4.69, 9.17) is 4.74 Å². The van der Waals surface area contributed by atoms with Gasteiger partial charge in [-0.1, -0.05) is 18.2 Å². The predicted octanol–water partition coefficient (Wildman–Crippen LogP) is 5.00. The molecule has 0 aliphatic carbocycles. The fourth-order valence-corrected chi connectivity index (χ4v) is 2.68. The van der Waals surface area contributed by atoms with Gasteiger partial charge in [-0.05, 0) is 73.2 Å². The summed E-state index contributed by atoms with van der Waals surface area (Å²) in [5.41, 5.74) is 3.61. The van der Waals surface area contributed by atoms with Crippen molar-refractivity contribution < 1.29 is 4.74 Å². The highest BCUT2D eigenvalue weighted by Gasteiger charge is 2.05. The van der Waals surface area contributed by atoms with E-state index in [1.54, 1.807) is 0 Å². The Bertz CT molecular complexity index is 581. The summed E-state index contributed by atoms with van der Waals surface area (Å²) >= 11 is 2.33. The van der Waals surface area contributed by atoms with Gasteiger partial charge in [0.25, 0.3) is 0 Å². The minimum Gasteiger partial charge on any atom is -0.491 e. The van der Waals surface area contributed by atoms with Crippen molar-refractivity contribution in [2.24, 2.45) is 0 Å². The van der Waals surface area contributed by atoms with Crippen molar-refractivity contribution in [3.05, 3.63) is 57.2 Å². The first-order valence-corrected chi connectivity index (χ1v) is 7.88. The minimum atomic E-state index is 0.191. The number of anilines is 1. The number of aryl methyl sites for hydroxylation is 1. The van der Waals surface area contributed by atoms with Gasteiger partial charge >= 0.3 is 0 Å². The second-order valence-corrected chi connectivity index (χ2v) is 6.33. The Hall–Kier alpha value is -1.23. The van der Waals surface area contributed by atoms with Crippen molar-refractivity contribution >= 4 is 28.3 Å². The van der Waals surface area contributed by atoms with Gasteiger partial charge in [-0.15, -0.1) is 0 Å². The molecule has 0 saturated carbocycles. The lowest BCUT2D eigenvalue weighted by Gasteiger charge is -2.16.